The third-order valence-corrected chi connectivity index (χ3v) is 2.57. The molecule has 0 saturated carbocycles. The summed E-state index contributed by atoms with van der Waals surface area (Å²) in [5.74, 6) is 0.853. The lowest BCUT2D eigenvalue weighted by atomic mass is 10.4. The van der Waals surface area contributed by atoms with Gasteiger partial charge in [-0.1, -0.05) is 6.92 Å². The van der Waals surface area contributed by atoms with Crippen LogP contribution in [0.5, 0.6) is 11.6 Å². The van der Waals surface area contributed by atoms with E-state index in [0.29, 0.717) is 11.6 Å². The maximum absolute atomic E-state index is 11.0. The highest BCUT2D eigenvalue weighted by Gasteiger charge is 2.18. The van der Waals surface area contributed by atoms with E-state index in [-0.39, 0.29) is 11.6 Å². The van der Waals surface area contributed by atoms with E-state index in [9.17, 15) is 10.1 Å². The Hall–Kier alpha value is -2.64. The molecule has 0 fully saturated rings. The molecule has 0 amide bonds. The summed E-state index contributed by atoms with van der Waals surface area (Å²) in [6, 6.07) is 2.87. The lowest BCUT2D eigenvalue weighted by molar-refractivity contribution is -0.386. The summed E-state index contributed by atoms with van der Waals surface area (Å²) in [4.78, 5) is 14.5. The molecule has 2 aromatic heterocycles. The van der Waals surface area contributed by atoms with Gasteiger partial charge in [-0.15, -0.1) is 0 Å². The minimum atomic E-state index is -0.530. The van der Waals surface area contributed by atoms with Crippen molar-refractivity contribution in [3.05, 3.63) is 34.6 Å². The third kappa shape index (κ3) is 3.02. The van der Waals surface area contributed by atoms with Gasteiger partial charge in [-0.2, -0.15) is 10.1 Å². The van der Waals surface area contributed by atoms with Crippen molar-refractivity contribution in [1.29, 1.82) is 0 Å². The minimum absolute atomic E-state index is 0.0575. The number of ether oxygens (including phenoxy) is 1. The lowest BCUT2D eigenvalue weighted by Gasteiger charge is -2.05. The first-order valence-corrected chi connectivity index (χ1v) is 6.17. The second kappa shape index (κ2) is 6.00. The largest absolute Gasteiger partial charge is 0.430 e. The Morgan fingerprint density at radius 3 is 2.95 bits per heavy atom. The Labute approximate surface area is 115 Å². The minimum Gasteiger partial charge on any atom is -0.430 e. The molecular weight excluding hydrogens is 262 g/mol. The Morgan fingerprint density at radius 1 is 1.50 bits per heavy atom. The molecule has 8 heteroatoms. The van der Waals surface area contributed by atoms with Crippen molar-refractivity contribution in [3.8, 4) is 11.6 Å². The van der Waals surface area contributed by atoms with Crippen molar-refractivity contribution in [2.75, 3.05) is 12.4 Å². The van der Waals surface area contributed by atoms with E-state index in [2.05, 4.69) is 15.4 Å². The predicted octanol–water partition coefficient (Wildman–Crippen LogP) is 2.43. The molecule has 106 valence electrons. The summed E-state index contributed by atoms with van der Waals surface area (Å²) in [5, 5.41) is 17.9. The summed E-state index contributed by atoms with van der Waals surface area (Å²) in [7, 11) is 1.68. The Balaban J connectivity index is 2.27. The number of hydrogen-bond acceptors (Lipinski definition) is 6. The maximum atomic E-state index is 11.0. The molecule has 0 saturated heterocycles. The second-order valence-electron chi connectivity index (χ2n) is 4.07. The molecule has 0 spiro atoms. The van der Waals surface area contributed by atoms with Crippen LogP contribution in [0.15, 0.2) is 24.5 Å². The smallest absolute Gasteiger partial charge is 0.331 e. The molecule has 2 heterocycles. The van der Waals surface area contributed by atoms with Crippen LogP contribution in [0.2, 0.25) is 0 Å². The van der Waals surface area contributed by atoms with Crippen LogP contribution in [0, 0.1) is 10.1 Å². The summed E-state index contributed by atoms with van der Waals surface area (Å²) in [6.07, 6.45) is 4.13. The highest BCUT2D eigenvalue weighted by molar-refractivity contribution is 5.49. The number of nitro groups is 1. The zero-order chi connectivity index (χ0) is 14.5. The van der Waals surface area contributed by atoms with Gasteiger partial charge >= 0.3 is 11.6 Å². The van der Waals surface area contributed by atoms with Gasteiger partial charge in [0.15, 0.2) is 5.75 Å². The van der Waals surface area contributed by atoms with Crippen molar-refractivity contribution in [3.63, 3.8) is 0 Å². The van der Waals surface area contributed by atoms with Gasteiger partial charge in [0.1, 0.15) is 5.82 Å². The maximum Gasteiger partial charge on any atom is 0.331 e. The van der Waals surface area contributed by atoms with Gasteiger partial charge in [0.05, 0.1) is 17.3 Å². The molecule has 0 radical (unpaired) electrons. The summed E-state index contributed by atoms with van der Waals surface area (Å²) >= 11 is 0. The number of aryl methyl sites for hydroxylation is 1. The van der Waals surface area contributed by atoms with Crippen LogP contribution < -0.4 is 10.1 Å². The molecule has 2 aromatic rings. The van der Waals surface area contributed by atoms with Crippen molar-refractivity contribution in [2.45, 2.75) is 19.9 Å². The normalized spacial score (nSPS) is 10.3. The lowest BCUT2D eigenvalue weighted by Crippen LogP contribution is -1.99. The van der Waals surface area contributed by atoms with Gasteiger partial charge in [0.2, 0.25) is 0 Å². The van der Waals surface area contributed by atoms with E-state index in [1.165, 1.54) is 18.3 Å². The number of rotatable bonds is 6. The van der Waals surface area contributed by atoms with Crippen LogP contribution in [0.4, 0.5) is 11.5 Å². The first-order valence-electron chi connectivity index (χ1n) is 6.17. The summed E-state index contributed by atoms with van der Waals surface area (Å²) in [5.41, 5.74) is -0.188. The first kappa shape index (κ1) is 13.8. The van der Waals surface area contributed by atoms with Gasteiger partial charge in [-0.25, -0.2) is 0 Å². The van der Waals surface area contributed by atoms with Gasteiger partial charge < -0.3 is 10.1 Å². The molecule has 2 rings (SSSR count). The summed E-state index contributed by atoms with van der Waals surface area (Å²) in [6.45, 7) is 2.79. The molecule has 0 unspecified atom stereocenters. The Kier molecular flexibility index (Phi) is 4.14. The number of nitrogens with zero attached hydrogens (tertiary/aromatic N) is 4. The molecule has 0 aromatic carbocycles. The van der Waals surface area contributed by atoms with Crippen molar-refractivity contribution in [2.24, 2.45) is 0 Å². The molecule has 8 nitrogen and oxygen atoms in total. The van der Waals surface area contributed by atoms with E-state index in [1.807, 2.05) is 6.92 Å². The standard InChI is InChI=1S/C12H15N5O3/c1-3-6-16-8-9(7-14-16)20-12-10(17(18)19)4-5-11(13-2)15-12/h4-5,7-8H,3,6H2,1-2H3,(H,13,15). The van der Waals surface area contributed by atoms with Gasteiger partial charge in [0.25, 0.3) is 0 Å². The molecule has 0 aliphatic heterocycles. The average Bonchev–Trinajstić information content (AvgIpc) is 2.86. The summed E-state index contributed by atoms with van der Waals surface area (Å²) < 4.78 is 7.18. The molecule has 0 aliphatic carbocycles. The van der Waals surface area contributed by atoms with E-state index in [0.717, 1.165) is 13.0 Å². The van der Waals surface area contributed by atoms with Crippen LogP contribution >= 0.6 is 0 Å². The highest BCUT2D eigenvalue weighted by Crippen LogP contribution is 2.30. The molecule has 20 heavy (non-hydrogen) atoms. The van der Waals surface area contributed by atoms with E-state index in [4.69, 9.17) is 4.74 Å². The molecule has 0 aliphatic rings. The topological polar surface area (TPSA) is 95.1 Å². The fraction of sp³-hybridized carbons (Fsp3) is 0.333. The van der Waals surface area contributed by atoms with E-state index < -0.39 is 4.92 Å². The van der Waals surface area contributed by atoms with E-state index >= 15 is 0 Å². The van der Waals surface area contributed by atoms with Crippen molar-refractivity contribution >= 4 is 11.5 Å². The first-order chi connectivity index (χ1) is 9.63. The zero-order valence-corrected chi connectivity index (χ0v) is 11.2. The van der Waals surface area contributed by atoms with Crippen LogP contribution in [0.25, 0.3) is 0 Å². The fourth-order valence-corrected chi connectivity index (χ4v) is 1.65. The van der Waals surface area contributed by atoms with E-state index in [1.54, 1.807) is 17.9 Å². The Bertz CT molecular complexity index is 611. The second-order valence-corrected chi connectivity index (χ2v) is 4.07. The van der Waals surface area contributed by atoms with Crippen LogP contribution in [0.3, 0.4) is 0 Å². The number of pyridine rings is 1. The third-order valence-electron chi connectivity index (χ3n) is 2.57. The van der Waals surface area contributed by atoms with Gasteiger partial charge in [0, 0.05) is 19.7 Å². The molecule has 0 bridgehead atoms. The molecular formula is C12H15N5O3. The monoisotopic (exact) mass is 277 g/mol. The molecule has 1 N–H and O–H groups in total. The zero-order valence-electron chi connectivity index (χ0n) is 11.2. The Morgan fingerprint density at radius 2 is 2.30 bits per heavy atom. The molecule has 0 atom stereocenters. The van der Waals surface area contributed by atoms with Crippen molar-refractivity contribution < 1.29 is 9.66 Å². The van der Waals surface area contributed by atoms with Gasteiger partial charge in [-0.3, -0.25) is 14.8 Å². The van der Waals surface area contributed by atoms with Crippen LogP contribution in [-0.2, 0) is 6.54 Å². The average molecular weight is 277 g/mol. The number of nitrogens with one attached hydrogen (secondary N) is 1. The number of aromatic nitrogens is 3. The number of anilines is 1. The van der Waals surface area contributed by atoms with Gasteiger partial charge in [-0.05, 0) is 12.5 Å². The predicted molar refractivity (Wildman–Crippen MR) is 73.0 cm³/mol. The highest BCUT2D eigenvalue weighted by atomic mass is 16.6. The van der Waals surface area contributed by atoms with Crippen LogP contribution in [-0.4, -0.2) is 26.7 Å². The number of hydrogen-bond donors (Lipinski definition) is 1. The fourth-order valence-electron chi connectivity index (χ4n) is 1.65. The van der Waals surface area contributed by atoms with Crippen molar-refractivity contribution in [1.82, 2.24) is 14.8 Å². The van der Waals surface area contributed by atoms with Crippen LogP contribution in [0.1, 0.15) is 13.3 Å². The quantitative estimate of drug-likeness (QED) is 0.643. The SMILES string of the molecule is CCCn1cc(Oc2nc(NC)ccc2[N+](=O)[O-])cn1.